The maximum atomic E-state index is 12.4. The molecule has 2 aromatic rings. The summed E-state index contributed by atoms with van der Waals surface area (Å²) in [6, 6.07) is 9.28. The molecule has 0 saturated heterocycles. The molecule has 2 aliphatic carbocycles. The number of fused-ring (bicyclic) bond motifs is 2. The number of aryl methyl sites for hydroxylation is 3. The van der Waals surface area contributed by atoms with Gasteiger partial charge in [0.2, 0.25) is 0 Å². The van der Waals surface area contributed by atoms with Crippen LogP contribution in [0.5, 0.6) is 0 Å². The summed E-state index contributed by atoms with van der Waals surface area (Å²) in [7, 11) is -0.0540. The van der Waals surface area contributed by atoms with Gasteiger partial charge < -0.3 is 11.1 Å². The number of urea groups is 1. The van der Waals surface area contributed by atoms with Gasteiger partial charge in [-0.2, -0.15) is 0 Å². The van der Waals surface area contributed by atoms with Crippen molar-refractivity contribution in [2.45, 2.75) is 50.3 Å². The average Bonchev–Trinajstić information content (AvgIpc) is 3.32. The third kappa shape index (κ3) is 4.22. The number of amides is 2. The molecule has 0 bridgehead atoms. The van der Waals surface area contributed by atoms with Crippen molar-refractivity contribution in [1.29, 1.82) is 0 Å². The molecule has 0 spiro atoms. The normalized spacial score (nSPS) is 15.2. The first kappa shape index (κ1) is 19.6. The number of hydrogen-bond acceptors (Lipinski definition) is 3. The quantitative estimate of drug-likeness (QED) is 0.757. The van der Waals surface area contributed by atoms with Gasteiger partial charge in [-0.1, -0.05) is 23.8 Å². The Kier molecular flexibility index (Phi) is 6.29. The van der Waals surface area contributed by atoms with Crippen molar-refractivity contribution >= 4 is 22.7 Å². The number of hydrogen-bond donors (Lipinski definition) is 3. The summed E-state index contributed by atoms with van der Waals surface area (Å²) in [5.74, 6) is 0. The minimum Gasteiger partial charge on any atom is -0.333 e. The summed E-state index contributed by atoms with van der Waals surface area (Å²) >= 11 is 0. The lowest BCUT2D eigenvalue weighted by Gasteiger charge is -2.16. The van der Waals surface area contributed by atoms with Gasteiger partial charge in [-0.25, -0.2) is 9.00 Å². The predicted octanol–water partition coefficient (Wildman–Crippen LogP) is 3.39. The Morgan fingerprint density at radius 3 is 2.07 bits per heavy atom. The molecule has 0 saturated carbocycles. The van der Waals surface area contributed by atoms with Crippen molar-refractivity contribution in [2.75, 3.05) is 12.4 Å². The molecule has 4 rings (SSSR count). The Morgan fingerprint density at radius 1 is 0.963 bits per heavy atom. The zero-order valence-electron chi connectivity index (χ0n) is 15.9. The van der Waals surface area contributed by atoms with E-state index in [1.54, 1.807) is 12.1 Å². The number of nitrogens with one attached hydrogen (secondary N) is 2. The molecule has 0 heterocycles. The molecule has 27 heavy (non-hydrogen) atoms. The summed E-state index contributed by atoms with van der Waals surface area (Å²) in [5.41, 5.74) is 11.9. The van der Waals surface area contributed by atoms with Crippen LogP contribution in [0.4, 0.5) is 10.5 Å². The monoisotopic (exact) mass is 385 g/mol. The molecule has 2 amide bonds. The van der Waals surface area contributed by atoms with Crippen LogP contribution in [0.15, 0.2) is 35.2 Å². The minimum atomic E-state index is -1.55. The van der Waals surface area contributed by atoms with Crippen molar-refractivity contribution in [3.63, 3.8) is 0 Å². The number of carbonyl (C=O) groups excluding carboxylic acids is 1. The first-order valence-corrected chi connectivity index (χ1v) is 10.6. The standard InChI is InChI=1S/C20H22N2O2S.CH5N/c1-13-8-10-16(11-9-13)25(24)22-20(23)21-19-17-6-2-4-14(17)12-15-5-3-7-18(15)19;1-2/h8-12H,2-7H2,1H3,(H2,21,22,23);2H2,1H3. The van der Waals surface area contributed by atoms with E-state index in [-0.39, 0.29) is 0 Å². The minimum absolute atomic E-state index is 0.395. The van der Waals surface area contributed by atoms with Crippen LogP contribution in [-0.4, -0.2) is 17.3 Å². The Balaban J connectivity index is 0.00000102. The number of nitrogens with two attached hydrogens (primary N) is 1. The molecule has 4 N–H and O–H groups in total. The van der Waals surface area contributed by atoms with E-state index >= 15 is 0 Å². The molecule has 0 aliphatic heterocycles. The highest BCUT2D eigenvalue weighted by molar-refractivity contribution is 7.83. The molecule has 0 fully saturated rings. The van der Waals surface area contributed by atoms with Gasteiger partial charge in [0, 0.05) is 5.69 Å². The predicted molar refractivity (Wildman–Crippen MR) is 110 cm³/mol. The highest BCUT2D eigenvalue weighted by Crippen LogP contribution is 2.38. The van der Waals surface area contributed by atoms with Gasteiger partial charge in [-0.15, -0.1) is 0 Å². The SMILES string of the molecule is CN.Cc1ccc(S(=O)NC(=O)Nc2c3c(cc4c2CCC4)CCC3)cc1. The van der Waals surface area contributed by atoms with E-state index in [0.717, 1.165) is 49.8 Å². The fourth-order valence-corrected chi connectivity index (χ4v) is 4.63. The van der Waals surface area contributed by atoms with Gasteiger partial charge in [0.05, 0.1) is 4.90 Å². The zero-order chi connectivity index (χ0) is 19.4. The molecule has 144 valence electrons. The molecule has 0 aromatic heterocycles. The second kappa shape index (κ2) is 8.67. The maximum absolute atomic E-state index is 12.4. The molecule has 2 aromatic carbocycles. The van der Waals surface area contributed by atoms with Crippen molar-refractivity contribution in [1.82, 2.24) is 4.72 Å². The van der Waals surface area contributed by atoms with Crippen LogP contribution in [0.1, 0.15) is 40.7 Å². The van der Waals surface area contributed by atoms with Crippen molar-refractivity contribution < 1.29 is 9.00 Å². The smallest absolute Gasteiger partial charge is 0.331 e. The molecular weight excluding hydrogens is 358 g/mol. The van der Waals surface area contributed by atoms with Gasteiger partial charge in [-0.3, -0.25) is 4.72 Å². The van der Waals surface area contributed by atoms with E-state index in [0.29, 0.717) is 4.90 Å². The Labute approximate surface area is 163 Å². The van der Waals surface area contributed by atoms with Crippen LogP contribution in [0.3, 0.4) is 0 Å². The Bertz CT molecular complexity index is 830. The lowest BCUT2D eigenvalue weighted by Crippen LogP contribution is -2.31. The van der Waals surface area contributed by atoms with Gasteiger partial charge in [0.15, 0.2) is 11.0 Å². The largest absolute Gasteiger partial charge is 0.333 e. The van der Waals surface area contributed by atoms with Crippen LogP contribution in [0.2, 0.25) is 0 Å². The van der Waals surface area contributed by atoms with E-state index in [1.165, 1.54) is 29.3 Å². The average molecular weight is 386 g/mol. The van der Waals surface area contributed by atoms with Crippen molar-refractivity contribution in [2.24, 2.45) is 5.73 Å². The number of rotatable bonds is 3. The third-order valence-corrected chi connectivity index (χ3v) is 6.20. The van der Waals surface area contributed by atoms with Crippen molar-refractivity contribution in [3.8, 4) is 0 Å². The summed E-state index contributed by atoms with van der Waals surface area (Å²) in [5, 5.41) is 3.01. The summed E-state index contributed by atoms with van der Waals surface area (Å²) in [6.07, 6.45) is 6.49. The molecule has 1 atom stereocenters. The Morgan fingerprint density at radius 2 is 1.52 bits per heavy atom. The summed E-state index contributed by atoms with van der Waals surface area (Å²) < 4.78 is 14.9. The maximum Gasteiger partial charge on any atom is 0.331 e. The first-order chi connectivity index (χ1) is 13.1. The highest BCUT2D eigenvalue weighted by atomic mass is 32.2. The molecule has 1 unspecified atom stereocenters. The van der Waals surface area contributed by atoms with Gasteiger partial charge in [0.25, 0.3) is 0 Å². The van der Waals surface area contributed by atoms with Gasteiger partial charge in [0.1, 0.15) is 0 Å². The molecule has 0 radical (unpaired) electrons. The first-order valence-electron chi connectivity index (χ1n) is 9.42. The van der Waals surface area contributed by atoms with Crippen LogP contribution >= 0.6 is 0 Å². The van der Waals surface area contributed by atoms with E-state index in [1.807, 2.05) is 19.1 Å². The zero-order valence-corrected chi connectivity index (χ0v) is 16.7. The second-order valence-corrected chi connectivity index (χ2v) is 8.08. The lowest BCUT2D eigenvalue weighted by molar-refractivity contribution is 0.257. The van der Waals surface area contributed by atoms with Crippen LogP contribution < -0.4 is 15.8 Å². The number of carbonyl (C=O) groups is 1. The van der Waals surface area contributed by atoms with E-state index < -0.39 is 17.0 Å². The molecular formula is C21H27N3O2S. The lowest BCUT2D eigenvalue weighted by atomic mass is 9.99. The van der Waals surface area contributed by atoms with Crippen molar-refractivity contribution in [3.05, 3.63) is 58.1 Å². The second-order valence-electron chi connectivity index (χ2n) is 6.87. The van der Waals surface area contributed by atoms with Gasteiger partial charge >= 0.3 is 6.03 Å². The van der Waals surface area contributed by atoms with E-state index in [9.17, 15) is 9.00 Å². The molecule has 5 nitrogen and oxygen atoms in total. The van der Waals surface area contributed by atoms with E-state index in [2.05, 4.69) is 21.8 Å². The third-order valence-electron chi connectivity index (χ3n) is 5.13. The summed E-state index contributed by atoms with van der Waals surface area (Å²) in [4.78, 5) is 13.0. The fraction of sp³-hybridized carbons (Fsp3) is 0.381. The summed E-state index contributed by atoms with van der Waals surface area (Å²) in [6.45, 7) is 1.98. The van der Waals surface area contributed by atoms with Crippen LogP contribution in [0.25, 0.3) is 0 Å². The number of benzene rings is 2. The Hall–Kier alpha value is -2.18. The number of anilines is 1. The van der Waals surface area contributed by atoms with Crippen LogP contribution in [0, 0.1) is 6.92 Å². The van der Waals surface area contributed by atoms with Gasteiger partial charge in [-0.05, 0) is 86.9 Å². The highest BCUT2D eigenvalue weighted by Gasteiger charge is 2.25. The molecule has 6 heteroatoms. The fourth-order valence-electron chi connectivity index (χ4n) is 3.91. The molecule has 2 aliphatic rings. The topological polar surface area (TPSA) is 84.2 Å². The van der Waals surface area contributed by atoms with Crippen LogP contribution in [-0.2, 0) is 36.7 Å². The van der Waals surface area contributed by atoms with E-state index in [4.69, 9.17) is 0 Å².